The Morgan fingerprint density at radius 2 is 1.66 bits per heavy atom. The molecule has 4 nitrogen and oxygen atoms in total. The van der Waals surface area contributed by atoms with E-state index in [1.54, 1.807) is 0 Å². The first-order valence-corrected chi connectivity index (χ1v) is 11.0. The van der Waals surface area contributed by atoms with E-state index in [9.17, 15) is 9.59 Å². The van der Waals surface area contributed by atoms with Crippen molar-refractivity contribution in [3.63, 3.8) is 0 Å². The van der Waals surface area contributed by atoms with Crippen LogP contribution in [0.1, 0.15) is 103 Å². The van der Waals surface area contributed by atoms with Crippen molar-refractivity contribution < 1.29 is 19.1 Å². The Balaban J connectivity index is 2.49. The van der Waals surface area contributed by atoms with Crippen molar-refractivity contribution >= 4 is 11.9 Å². The molecular weight excluding hydrogens is 364 g/mol. The zero-order valence-electron chi connectivity index (χ0n) is 18.7. The summed E-state index contributed by atoms with van der Waals surface area (Å²) in [5.74, 6) is 0.387. The van der Waals surface area contributed by atoms with Crippen LogP contribution < -0.4 is 9.47 Å². The summed E-state index contributed by atoms with van der Waals surface area (Å²) in [4.78, 5) is 23.7. The van der Waals surface area contributed by atoms with Gasteiger partial charge in [0.1, 0.15) is 11.5 Å². The lowest BCUT2D eigenvalue weighted by molar-refractivity contribution is -0.132. The molecule has 29 heavy (non-hydrogen) atoms. The van der Waals surface area contributed by atoms with Crippen molar-refractivity contribution in [2.75, 3.05) is 0 Å². The van der Waals surface area contributed by atoms with Crippen LogP contribution in [0.5, 0.6) is 11.5 Å². The van der Waals surface area contributed by atoms with Crippen molar-refractivity contribution in [2.45, 2.75) is 97.3 Å². The minimum absolute atomic E-state index is 0.0779. The van der Waals surface area contributed by atoms with Gasteiger partial charge in [-0.3, -0.25) is 9.59 Å². The van der Waals surface area contributed by atoms with Gasteiger partial charge in [-0.2, -0.15) is 0 Å². The van der Waals surface area contributed by atoms with Crippen LogP contribution in [-0.4, -0.2) is 11.9 Å². The number of esters is 2. The van der Waals surface area contributed by atoms with Crippen molar-refractivity contribution in [3.05, 3.63) is 35.4 Å². The van der Waals surface area contributed by atoms with Crippen LogP contribution >= 0.6 is 0 Å². The van der Waals surface area contributed by atoms with Gasteiger partial charge in [0.25, 0.3) is 0 Å². The Morgan fingerprint density at radius 3 is 2.14 bits per heavy atom. The monoisotopic (exact) mass is 400 g/mol. The molecule has 0 aliphatic heterocycles. The lowest BCUT2D eigenvalue weighted by Gasteiger charge is -2.29. The maximum absolute atomic E-state index is 11.8. The smallest absolute Gasteiger partial charge is 0.308 e. The zero-order valence-corrected chi connectivity index (χ0v) is 18.7. The van der Waals surface area contributed by atoms with Crippen LogP contribution in [0.4, 0.5) is 0 Å². The summed E-state index contributed by atoms with van der Waals surface area (Å²) in [7, 11) is 0. The fourth-order valence-corrected chi connectivity index (χ4v) is 4.03. The molecule has 0 bridgehead atoms. The number of benzene rings is 1. The van der Waals surface area contributed by atoms with Gasteiger partial charge in [0, 0.05) is 25.3 Å². The summed E-state index contributed by atoms with van der Waals surface area (Å²) >= 11 is 0. The predicted octanol–water partition coefficient (Wildman–Crippen LogP) is 6.61. The third kappa shape index (κ3) is 6.73. The van der Waals surface area contributed by atoms with E-state index >= 15 is 0 Å². The largest absolute Gasteiger partial charge is 0.426 e. The van der Waals surface area contributed by atoms with Crippen LogP contribution in [0, 0.1) is 0 Å². The molecule has 0 heterocycles. The second-order valence-electron chi connectivity index (χ2n) is 8.73. The van der Waals surface area contributed by atoms with E-state index in [1.807, 2.05) is 12.1 Å². The Kier molecular flexibility index (Phi) is 8.48. The lowest BCUT2D eigenvalue weighted by atomic mass is 9.78. The van der Waals surface area contributed by atoms with E-state index in [1.165, 1.54) is 33.1 Å². The van der Waals surface area contributed by atoms with Gasteiger partial charge < -0.3 is 9.47 Å². The quantitative estimate of drug-likeness (QED) is 0.203. The average Bonchev–Trinajstić information content (AvgIpc) is 2.65. The Bertz CT molecular complexity index is 708. The molecule has 0 saturated heterocycles. The normalized spacial score (nSPS) is 16.5. The van der Waals surface area contributed by atoms with Gasteiger partial charge in [-0.25, -0.2) is 0 Å². The van der Waals surface area contributed by atoms with Crippen LogP contribution in [0.2, 0.25) is 0 Å². The number of allylic oxidation sites excluding steroid dienone is 2. The molecule has 1 aliphatic carbocycles. The first-order chi connectivity index (χ1) is 13.7. The van der Waals surface area contributed by atoms with E-state index in [2.05, 4.69) is 32.9 Å². The average molecular weight is 401 g/mol. The molecule has 1 aromatic carbocycles. The van der Waals surface area contributed by atoms with Crippen LogP contribution in [0.25, 0.3) is 0 Å². The second-order valence-corrected chi connectivity index (χ2v) is 8.73. The molecular formula is C25H36O4. The topological polar surface area (TPSA) is 52.6 Å². The summed E-state index contributed by atoms with van der Waals surface area (Å²) in [5, 5.41) is 0. The molecule has 0 aromatic heterocycles. The number of rotatable bonds is 9. The van der Waals surface area contributed by atoms with E-state index in [4.69, 9.17) is 9.47 Å². The molecule has 0 fully saturated rings. The van der Waals surface area contributed by atoms with Crippen molar-refractivity contribution in [2.24, 2.45) is 0 Å². The fraction of sp³-hybridized carbons (Fsp3) is 0.600. The van der Waals surface area contributed by atoms with Crippen LogP contribution in [-0.2, 0) is 15.0 Å². The molecule has 1 atom stereocenters. The summed E-state index contributed by atoms with van der Waals surface area (Å²) in [5.41, 5.74) is 1.72. The van der Waals surface area contributed by atoms with Gasteiger partial charge in [-0.05, 0) is 48.8 Å². The minimum atomic E-state index is -0.363. The number of unbranched alkanes of at least 4 members (excludes halogenated alkanes) is 3. The number of hydrogen-bond acceptors (Lipinski definition) is 4. The highest BCUT2D eigenvalue weighted by Crippen LogP contribution is 2.44. The number of ether oxygens (including phenoxy) is 2. The molecule has 0 radical (unpaired) electrons. The fourth-order valence-electron chi connectivity index (χ4n) is 4.03. The van der Waals surface area contributed by atoms with Crippen molar-refractivity contribution in [3.8, 4) is 11.5 Å². The highest BCUT2D eigenvalue weighted by Gasteiger charge is 2.28. The lowest BCUT2D eigenvalue weighted by Crippen LogP contribution is -2.19. The number of carbonyl (C=O) groups is 2. The SMILES string of the molecule is CCCCCCC(C)(C)c1cc(OC(C)=O)c(C2C=CCCC2)c(OC(C)=O)c1. The Hall–Kier alpha value is -2.10. The van der Waals surface area contributed by atoms with E-state index in [-0.39, 0.29) is 23.3 Å². The Labute approximate surface area is 175 Å². The van der Waals surface area contributed by atoms with Crippen molar-refractivity contribution in [1.82, 2.24) is 0 Å². The van der Waals surface area contributed by atoms with Gasteiger partial charge >= 0.3 is 11.9 Å². The highest BCUT2D eigenvalue weighted by molar-refractivity contribution is 5.73. The van der Waals surface area contributed by atoms with Gasteiger partial charge in [0.2, 0.25) is 0 Å². The van der Waals surface area contributed by atoms with Gasteiger partial charge in [0.15, 0.2) is 0 Å². The molecule has 0 spiro atoms. The molecule has 4 heteroatoms. The molecule has 1 unspecified atom stereocenters. The van der Waals surface area contributed by atoms with E-state index in [0.29, 0.717) is 11.5 Å². The third-order valence-electron chi connectivity index (χ3n) is 5.67. The molecule has 160 valence electrons. The minimum Gasteiger partial charge on any atom is -0.426 e. The standard InChI is InChI=1S/C25H36O4/c1-6-7-8-12-15-25(4,5)21-16-22(28-18(2)26)24(20-13-10-9-11-14-20)23(17-21)29-19(3)27/h10,13,16-17,20H,6-9,11-12,14-15H2,1-5H3. The van der Waals surface area contributed by atoms with Gasteiger partial charge in [-0.1, -0.05) is 58.6 Å². The molecule has 0 amide bonds. The van der Waals surface area contributed by atoms with Gasteiger partial charge in [-0.15, -0.1) is 0 Å². The molecule has 0 N–H and O–H groups in total. The summed E-state index contributed by atoms with van der Waals surface area (Å²) in [6.45, 7) is 9.43. The molecule has 1 aliphatic rings. The zero-order chi connectivity index (χ0) is 21.4. The summed E-state index contributed by atoms with van der Waals surface area (Å²) in [6, 6.07) is 3.96. The number of carbonyl (C=O) groups excluding carboxylic acids is 2. The van der Waals surface area contributed by atoms with Crippen LogP contribution in [0.3, 0.4) is 0 Å². The van der Waals surface area contributed by atoms with E-state index in [0.717, 1.165) is 43.2 Å². The van der Waals surface area contributed by atoms with Crippen LogP contribution in [0.15, 0.2) is 24.3 Å². The van der Waals surface area contributed by atoms with E-state index < -0.39 is 0 Å². The predicted molar refractivity (Wildman–Crippen MR) is 117 cm³/mol. The summed E-state index contributed by atoms with van der Waals surface area (Å²) < 4.78 is 11.3. The first-order valence-electron chi connectivity index (χ1n) is 11.0. The first kappa shape index (κ1) is 23.2. The second kappa shape index (κ2) is 10.6. The number of hydrogen-bond donors (Lipinski definition) is 0. The molecule has 2 rings (SSSR count). The molecule has 1 aromatic rings. The molecule has 0 saturated carbocycles. The maximum atomic E-state index is 11.8. The van der Waals surface area contributed by atoms with Gasteiger partial charge in [0.05, 0.1) is 0 Å². The highest BCUT2D eigenvalue weighted by atomic mass is 16.5. The Morgan fingerprint density at radius 1 is 1.03 bits per heavy atom. The third-order valence-corrected chi connectivity index (χ3v) is 5.67. The maximum Gasteiger partial charge on any atom is 0.308 e. The van der Waals surface area contributed by atoms with Crippen molar-refractivity contribution in [1.29, 1.82) is 0 Å². The summed E-state index contributed by atoms with van der Waals surface area (Å²) in [6.07, 6.45) is 13.1.